The average Bonchev–Trinajstić information content (AvgIpc) is 2.84. The highest BCUT2D eigenvalue weighted by Gasteiger charge is 2.20. The van der Waals surface area contributed by atoms with E-state index >= 15 is 0 Å². The molecule has 0 bridgehead atoms. The number of piperidine rings is 1. The molecule has 1 saturated heterocycles. The van der Waals surface area contributed by atoms with Crippen molar-refractivity contribution in [3.05, 3.63) is 36.8 Å². The Bertz CT molecular complexity index is 1010. The van der Waals surface area contributed by atoms with E-state index < -0.39 is 5.82 Å². The first kappa shape index (κ1) is 25.2. The number of anilines is 5. The molecular formula is C24H34FN7O2. The van der Waals surface area contributed by atoms with E-state index in [-0.39, 0.29) is 17.7 Å². The van der Waals surface area contributed by atoms with Gasteiger partial charge in [-0.2, -0.15) is 4.98 Å². The molecule has 9 nitrogen and oxygen atoms in total. The van der Waals surface area contributed by atoms with Crippen LogP contribution in [0.4, 0.5) is 33.2 Å². The molecule has 1 amide bonds. The summed E-state index contributed by atoms with van der Waals surface area (Å²) in [5.74, 6) is 0.294. The SMILES string of the molecule is C=CC(=O)Nc1cc(Nc2ncc(F)c(N3CCCCC3)n2)c(OC)cc1N(C)CCN(C)C. The molecule has 2 heterocycles. The van der Waals surface area contributed by atoms with Crippen LogP contribution in [-0.4, -0.2) is 75.2 Å². The summed E-state index contributed by atoms with van der Waals surface area (Å²) in [5.41, 5.74) is 1.91. The zero-order chi connectivity index (χ0) is 24.7. The lowest BCUT2D eigenvalue weighted by Crippen LogP contribution is -2.31. The number of nitrogens with zero attached hydrogens (tertiary/aromatic N) is 5. The molecule has 1 aromatic heterocycles. The van der Waals surface area contributed by atoms with Crippen LogP contribution in [-0.2, 0) is 4.79 Å². The summed E-state index contributed by atoms with van der Waals surface area (Å²) in [6.45, 7) is 6.64. The molecule has 3 rings (SSSR count). The predicted molar refractivity (Wildman–Crippen MR) is 135 cm³/mol. The van der Waals surface area contributed by atoms with E-state index in [4.69, 9.17) is 4.74 Å². The van der Waals surface area contributed by atoms with E-state index in [2.05, 4.69) is 32.1 Å². The monoisotopic (exact) mass is 471 g/mol. The fourth-order valence-electron chi connectivity index (χ4n) is 3.77. The Morgan fingerprint density at radius 3 is 2.59 bits per heavy atom. The minimum Gasteiger partial charge on any atom is -0.494 e. The van der Waals surface area contributed by atoms with Crippen molar-refractivity contribution in [3.63, 3.8) is 0 Å². The van der Waals surface area contributed by atoms with Crippen molar-refractivity contribution in [2.75, 3.05) is 74.9 Å². The molecule has 0 saturated carbocycles. The summed E-state index contributed by atoms with van der Waals surface area (Å²) >= 11 is 0. The number of halogens is 1. The molecule has 2 N–H and O–H groups in total. The lowest BCUT2D eigenvalue weighted by molar-refractivity contribution is -0.111. The molecule has 1 aliphatic heterocycles. The summed E-state index contributed by atoms with van der Waals surface area (Å²) in [4.78, 5) is 26.7. The Kier molecular flexibility index (Phi) is 8.64. The second-order valence-electron chi connectivity index (χ2n) is 8.53. The molecule has 1 aliphatic rings. The van der Waals surface area contributed by atoms with Crippen LogP contribution >= 0.6 is 0 Å². The molecule has 0 aliphatic carbocycles. The molecule has 0 unspecified atom stereocenters. The first-order chi connectivity index (χ1) is 16.3. The Balaban J connectivity index is 1.95. The largest absolute Gasteiger partial charge is 0.494 e. The number of hydrogen-bond acceptors (Lipinski definition) is 8. The Hall–Kier alpha value is -3.40. The minimum atomic E-state index is -0.448. The third kappa shape index (κ3) is 6.34. The maximum Gasteiger partial charge on any atom is 0.247 e. The van der Waals surface area contributed by atoms with Crippen molar-refractivity contribution in [2.45, 2.75) is 19.3 Å². The van der Waals surface area contributed by atoms with Gasteiger partial charge in [-0.15, -0.1) is 0 Å². The van der Waals surface area contributed by atoms with Crippen LogP contribution in [0.1, 0.15) is 19.3 Å². The van der Waals surface area contributed by atoms with E-state index in [9.17, 15) is 9.18 Å². The van der Waals surface area contributed by atoms with Crippen molar-refractivity contribution in [1.82, 2.24) is 14.9 Å². The predicted octanol–water partition coefficient (Wildman–Crippen LogP) is 3.48. The van der Waals surface area contributed by atoms with Crippen LogP contribution in [0.15, 0.2) is 31.0 Å². The number of methoxy groups -OCH3 is 1. The van der Waals surface area contributed by atoms with Crippen molar-refractivity contribution >= 4 is 34.7 Å². The van der Waals surface area contributed by atoms with Gasteiger partial charge in [0, 0.05) is 39.3 Å². The van der Waals surface area contributed by atoms with E-state index in [0.29, 0.717) is 17.1 Å². The van der Waals surface area contributed by atoms with Crippen LogP contribution in [0.3, 0.4) is 0 Å². The minimum absolute atomic E-state index is 0.245. The highest BCUT2D eigenvalue weighted by atomic mass is 19.1. The Morgan fingerprint density at radius 1 is 1.21 bits per heavy atom. The number of aromatic nitrogens is 2. The molecule has 184 valence electrons. The van der Waals surface area contributed by atoms with E-state index in [0.717, 1.165) is 51.1 Å². The topological polar surface area (TPSA) is 85.9 Å². The van der Waals surface area contributed by atoms with E-state index in [1.54, 1.807) is 13.2 Å². The van der Waals surface area contributed by atoms with Gasteiger partial charge < -0.3 is 30.1 Å². The van der Waals surface area contributed by atoms with Crippen LogP contribution < -0.4 is 25.2 Å². The average molecular weight is 472 g/mol. The maximum absolute atomic E-state index is 14.5. The summed E-state index contributed by atoms with van der Waals surface area (Å²) in [6, 6.07) is 3.60. The first-order valence-corrected chi connectivity index (χ1v) is 11.4. The second-order valence-corrected chi connectivity index (χ2v) is 8.53. The normalized spacial score (nSPS) is 13.5. The lowest BCUT2D eigenvalue weighted by Gasteiger charge is -2.28. The molecule has 1 aromatic carbocycles. The number of likely N-dealkylation sites (N-methyl/N-ethyl adjacent to an activating group) is 2. The fraction of sp³-hybridized carbons (Fsp3) is 0.458. The van der Waals surface area contributed by atoms with Crippen LogP contribution in [0.25, 0.3) is 0 Å². The van der Waals surface area contributed by atoms with Gasteiger partial charge in [0.05, 0.1) is 30.4 Å². The molecule has 2 aromatic rings. The smallest absolute Gasteiger partial charge is 0.247 e. The van der Waals surface area contributed by atoms with Gasteiger partial charge in [0.2, 0.25) is 11.9 Å². The number of nitrogens with one attached hydrogen (secondary N) is 2. The molecule has 0 radical (unpaired) electrons. The third-order valence-electron chi connectivity index (χ3n) is 5.68. The van der Waals surface area contributed by atoms with Gasteiger partial charge in [0.25, 0.3) is 0 Å². The zero-order valence-corrected chi connectivity index (χ0v) is 20.4. The highest BCUT2D eigenvalue weighted by Crippen LogP contribution is 2.38. The molecule has 34 heavy (non-hydrogen) atoms. The number of amides is 1. The third-order valence-corrected chi connectivity index (χ3v) is 5.68. The highest BCUT2D eigenvalue weighted by molar-refractivity contribution is 6.02. The second kappa shape index (κ2) is 11.6. The quantitative estimate of drug-likeness (QED) is 0.510. The fourth-order valence-corrected chi connectivity index (χ4v) is 3.77. The van der Waals surface area contributed by atoms with Crippen molar-refractivity contribution in [3.8, 4) is 5.75 Å². The van der Waals surface area contributed by atoms with Gasteiger partial charge >= 0.3 is 0 Å². The number of hydrogen-bond donors (Lipinski definition) is 2. The Labute approximate surface area is 200 Å². The van der Waals surface area contributed by atoms with E-state index in [1.165, 1.54) is 12.3 Å². The lowest BCUT2D eigenvalue weighted by atomic mass is 10.1. The Morgan fingerprint density at radius 2 is 1.94 bits per heavy atom. The zero-order valence-electron chi connectivity index (χ0n) is 20.4. The van der Waals surface area contributed by atoms with Gasteiger partial charge in [-0.05, 0) is 45.5 Å². The maximum atomic E-state index is 14.5. The number of ether oxygens (including phenoxy) is 1. The van der Waals surface area contributed by atoms with Crippen molar-refractivity contribution in [2.24, 2.45) is 0 Å². The molecule has 0 spiro atoms. The standard InChI is InChI=1S/C24H34FN7O2/c1-6-22(33)27-18-14-19(21(34-5)15-20(18)31(4)13-12-30(2)3)28-24-26-16-17(25)23(29-24)32-10-8-7-9-11-32/h6,14-16H,1,7-13H2,2-5H3,(H,27,33)(H,26,28,29). The molecule has 1 fully saturated rings. The number of rotatable bonds is 10. The number of carbonyl (C=O) groups excluding carboxylic acids is 1. The molecule has 10 heteroatoms. The molecule has 0 atom stereocenters. The van der Waals surface area contributed by atoms with Gasteiger partial charge in [-0.25, -0.2) is 9.37 Å². The van der Waals surface area contributed by atoms with Crippen LogP contribution in [0, 0.1) is 5.82 Å². The number of benzene rings is 1. The molecular weight excluding hydrogens is 437 g/mol. The van der Waals surface area contributed by atoms with Crippen LogP contribution in [0.2, 0.25) is 0 Å². The summed E-state index contributed by atoms with van der Waals surface area (Å²) in [6.07, 6.45) is 5.55. The summed E-state index contributed by atoms with van der Waals surface area (Å²) < 4.78 is 20.1. The van der Waals surface area contributed by atoms with Crippen molar-refractivity contribution < 1.29 is 13.9 Å². The summed E-state index contributed by atoms with van der Waals surface area (Å²) in [5, 5.41) is 6.00. The first-order valence-electron chi connectivity index (χ1n) is 11.4. The number of carbonyl (C=O) groups is 1. The van der Waals surface area contributed by atoms with E-state index in [1.807, 2.05) is 37.0 Å². The van der Waals surface area contributed by atoms with Gasteiger partial charge in [-0.1, -0.05) is 6.58 Å². The van der Waals surface area contributed by atoms with Gasteiger partial charge in [0.1, 0.15) is 5.75 Å². The summed E-state index contributed by atoms with van der Waals surface area (Å²) in [7, 11) is 7.52. The van der Waals surface area contributed by atoms with Gasteiger partial charge in [-0.3, -0.25) is 4.79 Å². The van der Waals surface area contributed by atoms with Crippen molar-refractivity contribution in [1.29, 1.82) is 0 Å². The van der Waals surface area contributed by atoms with Crippen LogP contribution in [0.5, 0.6) is 5.75 Å². The van der Waals surface area contributed by atoms with Gasteiger partial charge in [0.15, 0.2) is 11.6 Å².